The van der Waals surface area contributed by atoms with Crippen LogP contribution in [0.5, 0.6) is 0 Å². The zero-order chi connectivity index (χ0) is 32.3. The van der Waals surface area contributed by atoms with Crippen LogP contribution >= 0.6 is 11.3 Å². The number of rotatable bonds is 5. The Bertz CT molecular complexity index is 2830. The van der Waals surface area contributed by atoms with Gasteiger partial charge in [-0.15, -0.1) is 11.3 Å². The van der Waals surface area contributed by atoms with Gasteiger partial charge in [0.25, 0.3) is 0 Å². The molecule has 0 saturated carbocycles. The van der Waals surface area contributed by atoms with Crippen molar-refractivity contribution in [1.82, 2.24) is 0 Å². The van der Waals surface area contributed by atoms with Gasteiger partial charge in [-0.1, -0.05) is 127 Å². The molecule has 0 atom stereocenters. The number of para-hydroxylation sites is 1. The van der Waals surface area contributed by atoms with Crippen LogP contribution in [0.4, 0.5) is 17.1 Å². The molecule has 0 bridgehead atoms. The van der Waals surface area contributed by atoms with Crippen LogP contribution in [0.3, 0.4) is 0 Å². The van der Waals surface area contributed by atoms with Crippen LogP contribution in [0, 0.1) is 0 Å². The molecule has 10 rings (SSSR count). The maximum Gasteiger partial charge on any atom is 0.159 e. The smallest absolute Gasteiger partial charge is 0.159 e. The Hall–Kier alpha value is -6.16. The van der Waals surface area contributed by atoms with Crippen LogP contribution in [-0.4, -0.2) is 0 Å². The number of hydrogen-bond donors (Lipinski definition) is 0. The zero-order valence-electron chi connectivity index (χ0n) is 26.5. The van der Waals surface area contributed by atoms with Crippen LogP contribution in [0.1, 0.15) is 0 Å². The normalized spacial score (nSPS) is 11.7. The van der Waals surface area contributed by atoms with Gasteiger partial charge in [0, 0.05) is 42.3 Å². The topological polar surface area (TPSA) is 16.4 Å². The van der Waals surface area contributed by atoms with E-state index in [0.29, 0.717) is 0 Å². The lowest BCUT2D eigenvalue weighted by molar-refractivity contribution is 0.669. The second-order valence-electron chi connectivity index (χ2n) is 12.5. The molecular weight excluding hydrogens is 615 g/mol. The highest BCUT2D eigenvalue weighted by atomic mass is 32.1. The van der Waals surface area contributed by atoms with Gasteiger partial charge in [0.05, 0.1) is 5.69 Å². The minimum absolute atomic E-state index is 0.873. The van der Waals surface area contributed by atoms with Crippen molar-refractivity contribution in [3.05, 3.63) is 176 Å². The van der Waals surface area contributed by atoms with Crippen LogP contribution in [0.2, 0.25) is 0 Å². The molecule has 230 valence electrons. The fraction of sp³-hybridized carbons (Fsp3) is 0. The number of furan rings is 1. The van der Waals surface area contributed by atoms with Gasteiger partial charge in [-0.3, -0.25) is 0 Å². The van der Waals surface area contributed by atoms with E-state index in [2.05, 4.69) is 181 Å². The molecule has 3 heteroatoms. The number of fused-ring (bicyclic) bond motifs is 8. The number of anilines is 3. The van der Waals surface area contributed by atoms with E-state index < -0.39 is 0 Å². The lowest BCUT2D eigenvalue weighted by Gasteiger charge is -2.26. The summed E-state index contributed by atoms with van der Waals surface area (Å²) >= 11 is 1.86. The standard InChI is InChI=1S/C46H29NOS/c1-2-11-30(12-3-1)31-23-26-34(27-24-31)47(40-20-9-19-39-44-36-16-5-4-13-32(36)25-28-41(44)48-46(39)40)35-15-8-14-33(29-35)37-18-10-22-43-45(37)38-17-6-7-21-42(38)49-43/h1-29H. The summed E-state index contributed by atoms with van der Waals surface area (Å²) in [7, 11) is 0. The first kappa shape index (κ1) is 27.9. The minimum Gasteiger partial charge on any atom is -0.454 e. The quantitative estimate of drug-likeness (QED) is 0.186. The Morgan fingerprint density at radius 2 is 1.12 bits per heavy atom. The molecule has 49 heavy (non-hydrogen) atoms. The summed E-state index contributed by atoms with van der Waals surface area (Å²) < 4.78 is 9.39. The van der Waals surface area contributed by atoms with E-state index in [1.165, 1.54) is 53.2 Å². The molecule has 0 aliphatic rings. The van der Waals surface area contributed by atoms with Gasteiger partial charge in [0.15, 0.2) is 5.58 Å². The third-order valence-corrected chi connectivity index (χ3v) is 10.8. The average molecular weight is 644 g/mol. The predicted molar refractivity (Wildman–Crippen MR) is 210 cm³/mol. The molecule has 10 aromatic rings. The predicted octanol–water partition coefficient (Wildman–Crippen LogP) is 13.9. The number of benzene rings is 8. The summed E-state index contributed by atoms with van der Waals surface area (Å²) in [5.41, 5.74) is 9.70. The second-order valence-corrected chi connectivity index (χ2v) is 13.6. The van der Waals surface area contributed by atoms with E-state index in [9.17, 15) is 0 Å². The summed E-state index contributed by atoms with van der Waals surface area (Å²) in [5.74, 6) is 0. The van der Waals surface area contributed by atoms with E-state index in [1.807, 2.05) is 11.3 Å². The van der Waals surface area contributed by atoms with Crippen molar-refractivity contribution in [2.75, 3.05) is 4.90 Å². The molecule has 0 unspecified atom stereocenters. The van der Waals surface area contributed by atoms with E-state index in [1.54, 1.807) is 0 Å². The fourth-order valence-corrected chi connectivity index (χ4v) is 8.55. The van der Waals surface area contributed by atoms with Crippen molar-refractivity contribution >= 4 is 81.3 Å². The Morgan fingerprint density at radius 1 is 0.429 bits per heavy atom. The SMILES string of the molecule is c1ccc(-c2ccc(N(c3cccc(-c4cccc5sc6ccccc6c45)c3)c3cccc4c3oc3ccc5ccccc5c34)cc2)cc1. The monoisotopic (exact) mass is 643 g/mol. The maximum absolute atomic E-state index is 6.78. The molecule has 8 aromatic carbocycles. The zero-order valence-corrected chi connectivity index (χ0v) is 27.3. The van der Waals surface area contributed by atoms with Crippen molar-refractivity contribution in [3.8, 4) is 22.3 Å². The lowest BCUT2D eigenvalue weighted by Crippen LogP contribution is -2.10. The van der Waals surface area contributed by atoms with Crippen LogP contribution in [0.25, 0.3) is 75.1 Å². The van der Waals surface area contributed by atoms with Crippen molar-refractivity contribution in [1.29, 1.82) is 0 Å². The molecular formula is C46H29NOS. The van der Waals surface area contributed by atoms with Crippen LogP contribution in [-0.2, 0) is 0 Å². The summed E-state index contributed by atoms with van der Waals surface area (Å²) in [4.78, 5) is 2.34. The first-order chi connectivity index (χ1) is 24.3. The number of thiophene rings is 1. The Morgan fingerprint density at radius 3 is 2.02 bits per heavy atom. The number of hydrogen-bond acceptors (Lipinski definition) is 3. The molecule has 0 aliphatic carbocycles. The van der Waals surface area contributed by atoms with E-state index in [0.717, 1.165) is 39.0 Å². The van der Waals surface area contributed by atoms with E-state index >= 15 is 0 Å². The molecule has 0 amide bonds. The van der Waals surface area contributed by atoms with Crippen LogP contribution in [0.15, 0.2) is 180 Å². The van der Waals surface area contributed by atoms with Gasteiger partial charge in [0.1, 0.15) is 5.58 Å². The largest absolute Gasteiger partial charge is 0.454 e. The van der Waals surface area contributed by atoms with Crippen molar-refractivity contribution in [2.45, 2.75) is 0 Å². The molecule has 0 radical (unpaired) electrons. The highest BCUT2D eigenvalue weighted by Gasteiger charge is 2.21. The van der Waals surface area contributed by atoms with E-state index in [4.69, 9.17) is 4.42 Å². The summed E-state index contributed by atoms with van der Waals surface area (Å²) in [6, 6.07) is 63.1. The Kier molecular flexibility index (Phi) is 6.39. The second kappa shape index (κ2) is 11.2. The van der Waals surface area contributed by atoms with Gasteiger partial charge in [0.2, 0.25) is 0 Å². The first-order valence-corrected chi connectivity index (χ1v) is 17.4. The molecule has 2 heterocycles. The van der Waals surface area contributed by atoms with Crippen molar-refractivity contribution in [3.63, 3.8) is 0 Å². The van der Waals surface area contributed by atoms with Crippen molar-refractivity contribution in [2.24, 2.45) is 0 Å². The Balaban J connectivity index is 1.20. The summed E-state index contributed by atoms with van der Waals surface area (Å²) in [6.45, 7) is 0. The number of nitrogens with zero attached hydrogens (tertiary/aromatic N) is 1. The molecule has 0 N–H and O–H groups in total. The maximum atomic E-state index is 6.78. The van der Waals surface area contributed by atoms with Gasteiger partial charge in [-0.2, -0.15) is 0 Å². The van der Waals surface area contributed by atoms with Gasteiger partial charge < -0.3 is 9.32 Å². The minimum atomic E-state index is 0.873. The lowest BCUT2D eigenvalue weighted by atomic mass is 9.98. The van der Waals surface area contributed by atoms with Crippen molar-refractivity contribution < 1.29 is 4.42 Å². The molecule has 0 fully saturated rings. The molecule has 2 nitrogen and oxygen atoms in total. The third kappa shape index (κ3) is 4.55. The first-order valence-electron chi connectivity index (χ1n) is 16.6. The summed E-state index contributed by atoms with van der Waals surface area (Å²) in [5, 5.41) is 7.29. The molecule has 0 spiro atoms. The van der Waals surface area contributed by atoms with Gasteiger partial charge in [-0.05, 0) is 81.6 Å². The van der Waals surface area contributed by atoms with Crippen LogP contribution < -0.4 is 4.90 Å². The van der Waals surface area contributed by atoms with Gasteiger partial charge >= 0.3 is 0 Å². The highest BCUT2D eigenvalue weighted by molar-refractivity contribution is 7.25. The third-order valence-electron chi connectivity index (χ3n) is 9.66. The highest BCUT2D eigenvalue weighted by Crippen LogP contribution is 2.46. The summed E-state index contributed by atoms with van der Waals surface area (Å²) in [6.07, 6.45) is 0. The molecule has 0 aliphatic heterocycles. The van der Waals surface area contributed by atoms with Gasteiger partial charge in [-0.25, -0.2) is 0 Å². The molecule has 0 saturated heterocycles. The van der Waals surface area contributed by atoms with E-state index in [-0.39, 0.29) is 0 Å². The molecule has 2 aromatic heterocycles. The average Bonchev–Trinajstić information content (AvgIpc) is 3.75. The fourth-order valence-electron chi connectivity index (χ4n) is 7.42. The Labute approximate surface area is 287 Å².